The molecule has 2 unspecified atom stereocenters. The lowest BCUT2D eigenvalue weighted by Gasteiger charge is -2.26. The number of anilines is 1. The number of amides is 1. The summed E-state index contributed by atoms with van der Waals surface area (Å²) in [6.07, 6.45) is 15.0. The van der Waals surface area contributed by atoms with E-state index >= 15 is 0 Å². The maximum absolute atomic E-state index is 13.2. The van der Waals surface area contributed by atoms with Gasteiger partial charge in [-0.2, -0.15) is 0 Å². The molecule has 196 valence electrons. The molecular formula is C27H42N2O5S. The Morgan fingerprint density at radius 2 is 1.54 bits per heavy atom. The Balaban J connectivity index is 1.76. The summed E-state index contributed by atoms with van der Waals surface area (Å²) in [7, 11) is 0. The third-order valence-corrected chi connectivity index (χ3v) is 7.62. The summed E-state index contributed by atoms with van der Waals surface area (Å²) in [4.78, 5) is 38.5. The number of para-hydroxylation sites is 1. The molecule has 0 fully saturated rings. The van der Waals surface area contributed by atoms with Crippen LogP contribution >= 0.6 is 11.8 Å². The van der Waals surface area contributed by atoms with Crippen LogP contribution in [0.3, 0.4) is 0 Å². The first-order valence-electron chi connectivity index (χ1n) is 13.2. The molecule has 0 bridgehead atoms. The predicted molar refractivity (Wildman–Crippen MR) is 141 cm³/mol. The Morgan fingerprint density at radius 3 is 2.11 bits per heavy atom. The fourth-order valence-electron chi connectivity index (χ4n) is 4.48. The molecule has 0 spiro atoms. The molecule has 2 atom stereocenters. The molecule has 0 aromatic heterocycles. The van der Waals surface area contributed by atoms with Crippen LogP contribution in [0.5, 0.6) is 0 Å². The van der Waals surface area contributed by atoms with Crippen molar-refractivity contribution in [2.45, 2.75) is 107 Å². The molecule has 1 aromatic carbocycles. The Kier molecular flexibility index (Phi) is 13.8. The molecule has 1 heterocycles. The highest BCUT2D eigenvalue weighted by atomic mass is 32.2. The van der Waals surface area contributed by atoms with Gasteiger partial charge < -0.3 is 10.2 Å². The zero-order valence-electron chi connectivity index (χ0n) is 21.0. The molecular weight excluding hydrogens is 464 g/mol. The normalized spacial score (nSPS) is 16.5. The van der Waals surface area contributed by atoms with Crippen molar-refractivity contribution >= 4 is 35.3 Å². The molecule has 0 radical (unpaired) electrons. The molecule has 1 aliphatic heterocycles. The third-order valence-electron chi connectivity index (χ3n) is 6.47. The molecule has 2 rings (SSSR count). The quantitative estimate of drug-likeness (QED) is 0.219. The first kappa shape index (κ1) is 29.2. The van der Waals surface area contributed by atoms with Gasteiger partial charge in [-0.3, -0.25) is 24.6 Å². The second kappa shape index (κ2) is 16.6. The maximum atomic E-state index is 13.2. The van der Waals surface area contributed by atoms with Gasteiger partial charge in [0.2, 0.25) is 5.91 Å². The van der Waals surface area contributed by atoms with Gasteiger partial charge in [-0.15, -0.1) is 11.8 Å². The van der Waals surface area contributed by atoms with Gasteiger partial charge in [0.05, 0.1) is 11.7 Å². The number of fused-ring (bicyclic) bond motifs is 1. The van der Waals surface area contributed by atoms with Crippen molar-refractivity contribution in [1.82, 2.24) is 5.32 Å². The Bertz CT molecular complexity index is 804. The minimum atomic E-state index is -1.11. The Morgan fingerprint density at radius 1 is 0.971 bits per heavy atom. The van der Waals surface area contributed by atoms with E-state index in [9.17, 15) is 24.6 Å². The average molecular weight is 507 g/mol. The summed E-state index contributed by atoms with van der Waals surface area (Å²) in [6.45, 7) is 1.78. The first-order chi connectivity index (χ1) is 16.9. The van der Waals surface area contributed by atoms with E-state index < -0.39 is 36.5 Å². The van der Waals surface area contributed by atoms with Crippen LogP contribution in [0.1, 0.15) is 90.4 Å². The lowest BCUT2D eigenvalue weighted by atomic mass is 10.0. The molecule has 1 aliphatic rings. The van der Waals surface area contributed by atoms with Gasteiger partial charge in [0.25, 0.3) is 0 Å². The average Bonchev–Trinajstić information content (AvgIpc) is 2.95. The van der Waals surface area contributed by atoms with Gasteiger partial charge in [-0.1, -0.05) is 96.1 Å². The van der Waals surface area contributed by atoms with Crippen molar-refractivity contribution in [1.29, 1.82) is 0 Å². The smallest absolute Gasteiger partial charge is 0.323 e. The van der Waals surface area contributed by atoms with E-state index in [0.717, 1.165) is 24.2 Å². The number of hydrogen-bond acceptors (Lipinski definition) is 5. The summed E-state index contributed by atoms with van der Waals surface area (Å²) in [6, 6.07) is 5.60. The van der Waals surface area contributed by atoms with Crippen LogP contribution < -0.4 is 10.2 Å². The number of benzene rings is 1. The summed E-state index contributed by atoms with van der Waals surface area (Å²) < 4.78 is 0. The van der Waals surface area contributed by atoms with Crippen LogP contribution in [0.2, 0.25) is 0 Å². The number of nitrogens with zero attached hydrogens (tertiary/aromatic N) is 1. The highest BCUT2D eigenvalue weighted by Gasteiger charge is 2.34. The molecule has 1 aromatic rings. The van der Waals surface area contributed by atoms with Gasteiger partial charge in [-0.05, 0) is 18.6 Å². The first-order valence-corrected chi connectivity index (χ1v) is 14.2. The van der Waals surface area contributed by atoms with E-state index in [1.54, 1.807) is 12.1 Å². The lowest BCUT2D eigenvalue weighted by Crippen LogP contribution is -2.53. The fraction of sp³-hybridized carbons (Fsp3) is 0.667. The van der Waals surface area contributed by atoms with E-state index in [2.05, 4.69) is 12.2 Å². The van der Waals surface area contributed by atoms with Crippen molar-refractivity contribution in [2.24, 2.45) is 0 Å². The SMILES string of the molecule is CCCCCCCCCCCCCCC(NC1CSc2ccccc2N(CC(=O)O)C1=O)C(=O)O. The molecule has 1 amide bonds. The minimum Gasteiger partial charge on any atom is -0.480 e. The number of carboxylic acids is 2. The lowest BCUT2D eigenvalue weighted by molar-refractivity contribution is -0.140. The van der Waals surface area contributed by atoms with E-state index in [1.165, 1.54) is 74.4 Å². The van der Waals surface area contributed by atoms with Crippen molar-refractivity contribution < 1.29 is 24.6 Å². The molecule has 0 saturated heterocycles. The van der Waals surface area contributed by atoms with Gasteiger partial charge in [-0.25, -0.2) is 0 Å². The molecule has 0 aliphatic carbocycles. The zero-order chi connectivity index (χ0) is 25.5. The minimum absolute atomic E-state index is 0.355. The number of rotatable bonds is 18. The van der Waals surface area contributed by atoms with Crippen molar-refractivity contribution in [3.05, 3.63) is 24.3 Å². The van der Waals surface area contributed by atoms with Gasteiger partial charge >= 0.3 is 11.9 Å². The highest BCUT2D eigenvalue weighted by Crippen LogP contribution is 2.34. The number of nitrogens with one attached hydrogen (secondary N) is 1. The number of carbonyl (C=O) groups is 3. The summed E-state index contributed by atoms with van der Waals surface area (Å²) in [5.74, 6) is -2.12. The van der Waals surface area contributed by atoms with Gasteiger partial charge in [0, 0.05) is 10.6 Å². The molecule has 35 heavy (non-hydrogen) atoms. The number of carbonyl (C=O) groups excluding carboxylic acids is 1. The van der Waals surface area contributed by atoms with Crippen molar-refractivity contribution in [3.8, 4) is 0 Å². The van der Waals surface area contributed by atoms with Crippen LogP contribution in [0.4, 0.5) is 5.69 Å². The second-order valence-corrected chi connectivity index (χ2v) is 10.4. The third kappa shape index (κ3) is 10.6. The largest absolute Gasteiger partial charge is 0.480 e. The number of unbranched alkanes of at least 4 members (excludes halogenated alkanes) is 11. The van der Waals surface area contributed by atoms with Crippen molar-refractivity contribution in [2.75, 3.05) is 17.2 Å². The van der Waals surface area contributed by atoms with Gasteiger partial charge in [0.15, 0.2) is 0 Å². The number of aliphatic carboxylic acids is 2. The zero-order valence-corrected chi connectivity index (χ0v) is 21.9. The highest BCUT2D eigenvalue weighted by molar-refractivity contribution is 7.99. The maximum Gasteiger partial charge on any atom is 0.323 e. The van der Waals surface area contributed by atoms with Crippen LogP contribution in [0, 0.1) is 0 Å². The van der Waals surface area contributed by atoms with Crippen LogP contribution in [0.15, 0.2) is 29.2 Å². The van der Waals surface area contributed by atoms with E-state index in [0.29, 0.717) is 17.9 Å². The molecule has 3 N–H and O–H groups in total. The second-order valence-electron chi connectivity index (χ2n) is 9.38. The summed E-state index contributed by atoms with van der Waals surface area (Å²) >= 11 is 1.44. The number of carboxylic acid groups (broad SMARTS) is 2. The Hall–Kier alpha value is -2.06. The van der Waals surface area contributed by atoms with E-state index in [-0.39, 0.29) is 0 Å². The van der Waals surface area contributed by atoms with E-state index in [1.807, 2.05) is 12.1 Å². The Labute approximate surface area is 214 Å². The van der Waals surface area contributed by atoms with Crippen LogP contribution in [-0.2, 0) is 14.4 Å². The van der Waals surface area contributed by atoms with E-state index in [4.69, 9.17) is 0 Å². The van der Waals surface area contributed by atoms with Crippen molar-refractivity contribution in [3.63, 3.8) is 0 Å². The fourth-order valence-corrected chi connectivity index (χ4v) is 5.57. The summed E-state index contributed by atoms with van der Waals surface area (Å²) in [5.41, 5.74) is 0.557. The van der Waals surface area contributed by atoms with Crippen LogP contribution in [-0.4, -0.2) is 52.4 Å². The standard InChI is InChI=1S/C27H42N2O5S/c1-2-3-4-5-6-7-8-9-10-11-12-13-16-21(27(33)34)28-22-20-35-24-18-15-14-17-23(24)29(26(22)32)19-25(30)31/h14-15,17-18,21-22,28H,2-13,16,19-20H2,1H3,(H,30,31)(H,33,34). The van der Waals surface area contributed by atoms with Gasteiger partial charge in [0.1, 0.15) is 12.6 Å². The monoisotopic (exact) mass is 506 g/mol. The molecule has 8 heteroatoms. The summed E-state index contributed by atoms with van der Waals surface area (Å²) in [5, 5.41) is 22.1. The topological polar surface area (TPSA) is 107 Å². The number of thioether (sulfide) groups is 1. The molecule has 7 nitrogen and oxygen atoms in total. The predicted octanol–water partition coefficient (Wildman–Crippen LogP) is 5.71. The molecule has 0 saturated carbocycles. The number of hydrogen-bond donors (Lipinski definition) is 3. The van der Waals surface area contributed by atoms with Crippen LogP contribution in [0.25, 0.3) is 0 Å².